The lowest BCUT2D eigenvalue weighted by Crippen LogP contribution is -2.23. The average Bonchev–Trinajstić information content (AvgIpc) is 2.53. The molecule has 1 amide bonds. The zero-order valence-electron chi connectivity index (χ0n) is 11.9. The Morgan fingerprint density at radius 1 is 1.24 bits per heavy atom. The highest BCUT2D eigenvalue weighted by atomic mass is 16.5. The van der Waals surface area contributed by atoms with Crippen LogP contribution in [0.4, 0.5) is 5.69 Å². The Morgan fingerprint density at radius 3 is 2.62 bits per heavy atom. The lowest BCUT2D eigenvalue weighted by atomic mass is 10.1. The molecule has 2 aromatic rings. The van der Waals surface area contributed by atoms with Crippen LogP contribution < -0.4 is 20.5 Å². The van der Waals surface area contributed by atoms with Crippen molar-refractivity contribution in [2.45, 2.75) is 6.54 Å². The zero-order valence-corrected chi connectivity index (χ0v) is 11.9. The molecule has 0 spiro atoms. The Kier molecular flexibility index (Phi) is 4.61. The van der Waals surface area contributed by atoms with Crippen LogP contribution in [-0.2, 0) is 6.54 Å². The summed E-state index contributed by atoms with van der Waals surface area (Å²) < 4.78 is 10.0. The lowest BCUT2D eigenvalue weighted by Gasteiger charge is -2.08. The molecule has 6 nitrogen and oxygen atoms in total. The third kappa shape index (κ3) is 3.62. The van der Waals surface area contributed by atoms with E-state index in [0.717, 1.165) is 5.56 Å². The molecule has 6 heteroatoms. The summed E-state index contributed by atoms with van der Waals surface area (Å²) >= 11 is 0. The number of amides is 1. The molecule has 2 rings (SSSR count). The van der Waals surface area contributed by atoms with E-state index in [4.69, 9.17) is 15.2 Å². The van der Waals surface area contributed by atoms with E-state index in [1.165, 1.54) is 7.11 Å². The topological polar surface area (TPSA) is 86.5 Å². The van der Waals surface area contributed by atoms with Crippen molar-refractivity contribution in [2.75, 3.05) is 20.0 Å². The van der Waals surface area contributed by atoms with Crippen molar-refractivity contribution in [1.82, 2.24) is 10.3 Å². The number of aromatic nitrogens is 1. The van der Waals surface area contributed by atoms with Gasteiger partial charge in [-0.2, -0.15) is 0 Å². The number of hydrogen-bond acceptors (Lipinski definition) is 5. The standard InChI is InChI=1S/C15H17N3O3/c1-20-13-5-4-11(7-12(13)16)15(19)18-9-10-3-6-14(21-2)17-8-10/h3-8H,9,16H2,1-2H3,(H,18,19). The largest absolute Gasteiger partial charge is 0.495 e. The minimum Gasteiger partial charge on any atom is -0.495 e. The minimum atomic E-state index is -0.208. The highest BCUT2D eigenvalue weighted by Crippen LogP contribution is 2.21. The Bertz CT molecular complexity index is 627. The molecule has 0 fully saturated rings. The zero-order chi connectivity index (χ0) is 15.2. The van der Waals surface area contributed by atoms with E-state index < -0.39 is 0 Å². The lowest BCUT2D eigenvalue weighted by molar-refractivity contribution is 0.0951. The Hall–Kier alpha value is -2.76. The van der Waals surface area contributed by atoms with E-state index in [9.17, 15) is 4.79 Å². The summed E-state index contributed by atoms with van der Waals surface area (Å²) in [5, 5.41) is 2.80. The first-order chi connectivity index (χ1) is 10.1. The molecule has 1 aromatic heterocycles. The molecule has 0 saturated heterocycles. The molecular formula is C15H17N3O3. The molecule has 1 heterocycles. The van der Waals surface area contributed by atoms with Crippen LogP contribution in [-0.4, -0.2) is 25.1 Å². The van der Waals surface area contributed by atoms with Crippen molar-refractivity contribution in [1.29, 1.82) is 0 Å². The van der Waals surface area contributed by atoms with Crippen LogP contribution in [0, 0.1) is 0 Å². The molecule has 0 aliphatic carbocycles. The van der Waals surface area contributed by atoms with Crippen molar-refractivity contribution in [3.05, 3.63) is 47.7 Å². The predicted octanol–water partition coefficient (Wildman–Crippen LogP) is 1.61. The number of anilines is 1. The van der Waals surface area contributed by atoms with E-state index in [0.29, 0.717) is 29.4 Å². The number of ether oxygens (including phenoxy) is 2. The average molecular weight is 287 g/mol. The van der Waals surface area contributed by atoms with Gasteiger partial charge in [0, 0.05) is 24.4 Å². The number of benzene rings is 1. The van der Waals surface area contributed by atoms with Crippen molar-refractivity contribution in [2.24, 2.45) is 0 Å². The quantitative estimate of drug-likeness (QED) is 0.816. The van der Waals surface area contributed by atoms with E-state index >= 15 is 0 Å². The molecule has 0 bridgehead atoms. The van der Waals surface area contributed by atoms with Crippen LogP contribution in [0.25, 0.3) is 0 Å². The van der Waals surface area contributed by atoms with E-state index in [1.807, 2.05) is 6.07 Å². The maximum atomic E-state index is 12.0. The van der Waals surface area contributed by atoms with Gasteiger partial charge in [-0.25, -0.2) is 4.98 Å². The predicted molar refractivity (Wildman–Crippen MR) is 79.4 cm³/mol. The Labute approximate surface area is 122 Å². The van der Waals surface area contributed by atoms with Crippen LogP contribution in [0.1, 0.15) is 15.9 Å². The van der Waals surface area contributed by atoms with Gasteiger partial charge in [0.15, 0.2) is 0 Å². The van der Waals surface area contributed by atoms with Crippen molar-refractivity contribution in [3.63, 3.8) is 0 Å². The number of rotatable bonds is 5. The number of nitrogens with two attached hydrogens (primary N) is 1. The molecule has 0 saturated carbocycles. The van der Waals surface area contributed by atoms with Gasteiger partial charge >= 0.3 is 0 Å². The molecule has 3 N–H and O–H groups in total. The van der Waals surface area contributed by atoms with Crippen LogP contribution >= 0.6 is 0 Å². The molecule has 0 unspecified atom stereocenters. The van der Waals surface area contributed by atoms with E-state index in [2.05, 4.69) is 10.3 Å². The summed E-state index contributed by atoms with van der Waals surface area (Å²) in [6.07, 6.45) is 1.65. The molecule has 1 aromatic carbocycles. The van der Waals surface area contributed by atoms with Crippen LogP contribution in [0.3, 0.4) is 0 Å². The first-order valence-electron chi connectivity index (χ1n) is 6.34. The van der Waals surface area contributed by atoms with Gasteiger partial charge in [0.1, 0.15) is 5.75 Å². The third-order valence-electron chi connectivity index (χ3n) is 2.95. The van der Waals surface area contributed by atoms with E-state index in [1.54, 1.807) is 37.6 Å². The minimum absolute atomic E-state index is 0.208. The maximum absolute atomic E-state index is 12.0. The fraction of sp³-hybridized carbons (Fsp3) is 0.200. The molecule has 0 aliphatic rings. The second-order valence-electron chi connectivity index (χ2n) is 4.35. The summed E-state index contributed by atoms with van der Waals surface area (Å²) in [5.74, 6) is 0.874. The number of nitrogens with zero attached hydrogens (tertiary/aromatic N) is 1. The normalized spacial score (nSPS) is 10.0. The van der Waals surface area contributed by atoms with Gasteiger partial charge in [-0.1, -0.05) is 6.07 Å². The number of pyridine rings is 1. The van der Waals surface area contributed by atoms with E-state index in [-0.39, 0.29) is 5.91 Å². The summed E-state index contributed by atoms with van der Waals surface area (Å²) in [7, 11) is 3.08. The maximum Gasteiger partial charge on any atom is 0.251 e. The van der Waals surface area contributed by atoms with Crippen LogP contribution in [0.15, 0.2) is 36.5 Å². The number of nitrogen functional groups attached to an aromatic ring is 1. The van der Waals surface area contributed by atoms with Gasteiger partial charge in [0.05, 0.1) is 19.9 Å². The third-order valence-corrected chi connectivity index (χ3v) is 2.95. The van der Waals surface area contributed by atoms with Crippen molar-refractivity contribution >= 4 is 11.6 Å². The second kappa shape index (κ2) is 6.60. The molecule has 0 atom stereocenters. The molecule has 110 valence electrons. The summed E-state index contributed by atoms with van der Waals surface area (Å²) in [6, 6.07) is 8.50. The van der Waals surface area contributed by atoms with Gasteiger partial charge in [0.25, 0.3) is 5.91 Å². The number of nitrogens with one attached hydrogen (secondary N) is 1. The first-order valence-corrected chi connectivity index (χ1v) is 6.34. The van der Waals surface area contributed by atoms with Gasteiger partial charge in [0.2, 0.25) is 5.88 Å². The summed E-state index contributed by atoms with van der Waals surface area (Å²) in [5.41, 5.74) is 7.57. The molecule has 0 aliphatic heterocycles. The number of carbonyl (C=O) groups is 1. The second-order valence-corrected chi connectivity index (χ2v) is 4.35. The fourth-order valence-electron chi connectivity index (χ4n) is 1.80. The van der Waals surface area contributed by atoms with Gasteiger partial charge < -0.3 is 20.5 Å². The molecular weight excluding hydrogens is 270 g/mol. The van der Waals surface area contributed by atoms with Crippen molar-refractivity contribution in [3.8, 4) is 11.6 Å². The van der Waals surface area contributed by atoms with Crippen LogP contribution in [0.2, 0.25) is 0 Å². The van der Waals surface area contributed by atoms with Gasteiger partial charge in [-0.3, -0.25) is 4.79 Å². The summed E-state index contributed by atoms with van der Waals surface area (Å²) in [6.45, 7) is 0.377. The van der Waals surface area contributed by atoms with Crippen LogP contribution in [0.5, 0.6) is 11.6 Å². The number of hydrogen-bond donors (Lipinski definition) is 2. The molecule has 0 radical (unpaired) electrons. The van der Waals surface area contributed by atoms with Crippen molar-refractivity contribution < 1.29 is 14.3 Å². The number of carbonyl (C=O) groups excluding carboxylic acids is 1. The fourth-order valence-corrected chi connectivity index (χ4v) is 1.80. The Balaban J connectivity index is 1.99. The smallest absolute Gasteiger partial charge is 0.251 e. The highest BCUT2D eigenvalue weighted by Gasteiger charge is 2.08. The Morgan fingerprint density at radius 2 is 2.05 bits per heavy atom. The number of methoxy groups -OCH3 is 2. The highest BCUT2D eigenvalue weighted by molar-refractivity contribution is 5.95. The monoisotopic (exact) mass is 287 g/mol. The molecule has 21 heavy (non-hydrogen) atoms. The SMILES string of the molecule is COc1ccc(CNC(=O)c2ccc(OC)c(N)c2)cn1. The first kappa shape index (κ1) is 14.6. The van der Waals surface area contributed by atoms with Gasteiger partial charge in [-0.15, -0.1) is 0 Å². The van der Waals surface area contributed by atoms with Gasteiger partial charge in [-0.05, 0) is 23.8 Å². The summed E-state index contributed by atoms with van der Waals surface area (Å²) in [4.78, 5) is 16.1.